The van der Waals surface area contributed by atoms with Gasteiger partial charge in [-0.2, -0.15) is 0 Å². The maximum absolute atomic E-state index is 5.61. The number of nitrogens with zero attached hydrogens (tertiary/aromatic N) is 2. The summed E-state index contributed by atoms with van der Waals surface area (Å²) >= 11 is 4.95. The van der Waals surface area contributed by atoms with E-state index >= 15 is 0 Å². The minimum absolute atomic E-state index is 0.318. The molecule has 0 radical (unpaired) electrons. The third-order valence-corrected chi connectivity index (χ3v) is 3.67. The second kappa shape index (κ2) is 5.18. The molecule has 18 heavy (non-hydrogen) atoms. The lowest BCUT2D eigenvalue weighted by Crippen LogP contribution is -2.19. The molecule has 5 heteroatoms. The summed E-state index contributed by atoms with van der Waals surface area (Å²) in [5, 5.41) is 3.33. The fraction of sp³-hybridized carbons (Fsp3) is 0.615. The largest absolute Gasteiger partial charge is 0.388 e. The van der Waals surface area contributed by atoms with Crippen LogP contribution in [0.2, 0.25) is 0 Å². The van der Waals surface area contributed by atoms with Gasteiger partial charge in [0, 0.05) is 12.2 Å². The Labute approximate surface area is 113 Å². The molecule has 0 saturated heterocycles. The van der Waals surface area contributed by atoms with Crippen molar-refractivity contribution in [1.29, 1.82) is 0 Å². The molecular weight excluding hydrogens is 244 g/mol. The van der Waals surface area contributed by atoms with Crippen LogP contribution in [0.25, 0.3) is 0 Å². The van der Waals surface area contributed by atoms with Crippen LogP contribution >= 0.6 is 12.2 Å². The number of thiocarbonyl (C=S) groups is 1. The number of aryl methyl sites for hydroxylation is 1. The molecule has 0 atom stereocenters. The van der Waals surface area contributed by atoms with Crippen LogP contribution in [0.3, 0.4) is 0 Å². The van der Waals surface area contributed by atoms with Gasteiger partial charge in [-0.25, -0.2) is 9.97 Å². The molecule has 0 unspecified atom stereocenters. The number of aromatic nitrogens is 2. The maximum Gasteiger partial charge on any atom is 0.223 e. The van der Waals surface area contributed by atoms with Crippen LogP contribution in [0, 0.1) is 12.3 Å². The molecule has 0 aliphatic heterocycles. The topological polar surface area (TPSA) is 63.8 Å². The highest BCUT2D eigenvalue weighted by atomic mass is 32.1. The van der Waals surface area contributed by atoms with E-state index in [1.807, 2.05) is 13.0 Å². The van der Waals surface area contributed by atoms with Gasteiger partial charge in [0.15, 0.2) is 0 Å². The molecule has 0 spiro atoms. The Morgan fingerprint density at radius 3 is 2.78 bits per heavy atom. The maximum atomic E-state index is 5.61. The summed E-state index contributed by atoms with van der Waals surface area (Å²) in [5.74, 6) is 0.639. The second-order valence-electron chi connectivity index (χ2n) is 5.19. The number of anilines is 1. The Bertz CT molecular complexity index is 454. The predicted molar refractivity (Wildman–Crippen MR) is 77.7 cm³/mol. The number of hydrogen-bond acceptors (Lipinski definition) is 4. The molecule has 98 valence electrons. The fourth-order valence-corrected chi connectivity index (χ4v) is 2.37. The van der Waals surface area contributed by atoms with Crippen LogP contribution in [-0.2, 0) is 0 Å². The Hall–Kier alpha value is -1.23. The van der Waals surface area contributed by atoms with Gasteiger partial charge in [-0.05, 0) is 37.7 Å². The minimum atomic E-state index is 0.318. The molecule has 1 fully saturated rings. The van der Waals surface area contributed by atoms with Gasteiger partial charge >= 0.3 is 0 Å². The predicted octanol–water partition coefficient (Wildman–Crippen LogP) is 2.41. The zero-order chi connectivity index (χ0) is 13.2. The van der Waals surface area contributed by atoms with Crippen LogP contribution in [0.4, 0.5) is 5.95 Å². The van der Waals surface area contributed by atoms with E-state index in [1.165, 1.54) is 25.7 Å². The summed E-state index contributed by atoms with van der Waals surface area (Å²) in [4.78, 5) is 9.02. The van der Waals surface area contributed by atoms with Crippen molar-refractivity contribution in [2.24, 2.45) is 11.1 Å². The molecule has 4 nitrogen and oxygen atoms in total. The normalized spacial score (nSPS) is 16.3. The molecule has 1 aliphatic rings. The van der Waals surface area contributed by atoms with Crippen molar-refractivity contribution in [3.05, 3.63) is 17.5 Å². The number of nitrogens with two attached hydrogens (primary N) is 1. The molecule has 3 N–H and O–H groups in total. The van der Waals surface area contributed by atoms with Crippen molar-refractivity contribution in [1.82, 2.24) is 9.97 Å². The van der Waals surface area contributed by atoms with Crippen LogP contribution in [0.15, 0.2) is 6.07 Å². The molecule has 1 aliphatic carbocycles. The Morgan fingerprint density at radius 1 is 1.50 bits per heavy atom. The number of hydrogen-bond donors (Lipinski definition) is 2. The summed E-state index contributed by atoms with van der Waals surface area (Å²) < 4.78 is 0. The lowest BCUT2D eigenvalue weighted by Gasteiger charge is -2.15. The highest BCUT2D eigenvalue weighted by Gasteiger charge is 2.41. The van der Waals surface area contributed by atoms with Crippen LogP contribution in [-0.4, -0.2) is 21.5 Å². The average Bonchev–Trinajstić information content (AvgIpc) is 3.07. The number of rotatable bonds is 6. The van der Waals surface area contributed by atoms with Gasteiger partial charge in [-0.1, -0.05) is 25.6 Å². The summed E-state index contributed by atoms with van der Waals surface area (Å²) in [6, 6.07) is 1.81. The molecular formula is C13H20N4S. The molecule has 0 bridgehead atoms. The molecule has 1 saturated carbocycles. The lowest BCUT2D eigenvalue weighted by atomic mass is 10.0. The zero-order valence-corrected chi connectivity index (χ0v) is 11.8. The minimum Gasteiger partial charge on any atom is -0.388 e. The molecule has 1 aromatic rings. The van der Waals surface area contributed by atoms with E-state index in [1.54, 1.807) is 0 Å². The molecule has 1 heterocycles. The Balaban J connectivity index is 2.03. The van der Waals surface area contributed by atoms with Crippen molar-refractivity contribution in [2.45, 2.75) is 39.5 Å². The van der Waals surface area contributed by atoms with E-state index in [2.05, 4.69) is 22.2 Å². The van der Waals surface area contributed by atoms with E-state index in [0.29, 0.717) is 22.0 Å². The smallest absolute Gasteiger partial charge is 0.223 e. The quantitative estimate of drug-likeness (QED) is 0.773. The highest BCUT2D eigenvalue weighted by Crippen LogP contribution is 2.49. The van der Waals surface area contributed by atoms with Gasteiger partial charge in [0.1, 0.15) is 10.7 Å². The van der Waals surface area contributed by atoms with Crippen molar-refractivity contribution >= 4 is 23.2 Å². The molecule has 0 aromatic carbocycles. The van der Waals surface area contributed by atoms with E-state index in [4.69, 9.17) is 18.0 Å². The first-order valence-corrected chi connectivity index (χ1v) is 6.85. The van der Waals surface area contributed by atoms with Crippen molar-refractivity contribution in [3.63, 3.8) is 0 Å². The summed E-state index contributed by atoms with van der Waals surface area (Å²) in [5.41, 5.74) is 7.61. The summed E-state index contributed by atoms with van der Waals surface area (Å²) in [6.07, 6.45) is 5.12. The molecule has 0 amide bonds. The van der Waals surface area contributed by atoms with Gasteiger partial charge in [0.2, 0.25) is 5.95 Å². The number of nitrogens with one attached hydrogen (secondary N) is 1. The van der Waals surface area contributed by atoms with Crippen molar-refractivity contribution in [2.75, 3.05) is 11.9 Å². The van der Waals surface area contributed by atoms with Gasteiger partial charge in [-0.15, -0.1) is 0 Å². The van der Waals surface area contributed by atoms with Crippen LogP contribution in [0.1, 0.15) is 44.0 Å². The van der Waals surface area contributed by atoms with Gasteiger partial charge < -0.3 is 11.1 Å². The Kier molecular flexibility index (Phi) is 3.80. The fourth-order valence-electron chi connectivity index (χ4n) is 2.26. The highest BCUT2D eigenvalue weighted by molar-refractivity contribution is 7.80. The summed E-state index contributed by atoms with van der Waals surface area (Å²) in [6.45, 7) is 5.10. The molecule has 2 rings (SSSR count). The van der Waals surface area contributed by atoms with Crippen LogP contribution < -0.4 is 11.1 Å². The monoisotopic (exact) mass is 264 g/mol. The third-order valence-electron chi connectivity index (χ3n) is 3.47. The van der Waals surface area contributed by atoms with E-state index in [-0.39, 0.29) is 0 Å². The van der Waals surface area contributed by atoms with Crippen LogP contribution in [0.5, 0.6) is 0 Å². The van der Waals surface area contributed by atoms with Gasteiger partial charge in [0.25, 0.3) is 0 Å². The van der Waals surface area contributed by atoms with Crippen molar-refractivity contribution < 1.29 is 0 Å². The summed E-state index contributed by atoms with van der Waals surface area (Å²) in [7, 11) is 0. The first-order chi connectivity index (χ1) is 8.54. The average molecular weight is 264 g/mol. The standard InChI is InChI=1S/C13H20N4S/c1-3-4-13(5-6-13)8-15-12-16-9(2)7-10(17-12)11(14)18/h7H,3-6,8H2,1-2H3,(H2,14,18)(H,15,16,17). The first-order valence-electron chi connectivity index (χ1n) is 6.44. The SMILES string of the molecule is CCCC1(CNc2nc(C)cc(C(N)=S)n2)CC1. The van der Waals surface area contributed by atoms with Gasteiger partial charge in [-0.3, -0.25) is 0 Å². The first kappa shape index (κ1) is 13.2. The second-order valence-corrected chi connectivity index (χ2v) is 5.63. The van der Waals surface area contributed by atoms with Crippen molar-refractivity contribution in [3.8, 4) is 0 Å². The van der Waals surface area contributed by atoms with E-state index in [0.717, 1.165) is 12.2 Å². The lowest BCUT2D eigenvalue weighted by molar-refractivity contribution is 0.484. The Morgan fingerprint density at radius 2 is 2.22 bits per heavy atom. The zero-order valence-electron chi connectivity index (χ0n) is 11.0. The molecule has 1 aromatic heterocycles. The van der Waals surface area contributed by atoms with E-state index < -0.39 is 0 Å². The van der Waals surface area contributed by atoms with E-state index in [9.17, 15) is 0 Å². The third kappa shape index (κ3) is 3.16. The van der Waals surface area contributed by atoms with Gasteiger partial charge in [0.05, 0.1) is 0 Å².